The second-order valence-electron chi connectivity index (χ2n) is 7.85. The standard InChI is InChI=1S/C22H21F2N5O2/c1-27-20-12-17(13-4-7-25-18(10-13)21(23)24)26-29(20)19-11-14(2-3-16(19)22(27)31)28-8-5-15(30)6-9-28/h2-4,7,10-12,15,21,30H,5-6,8-9H2,1H3. The number of alkyl halides is 2. The maximum absolute atomic E-state index is 13.1. The fourth-order valence-corrected chi connectivity index (χ4v) is 4.14. The number of aryl methyl sites for hydroxylation is 1. The van der Waals surface area contributed by atoms with Crippen LogP contribution in [0.2, 0.25) is 0 Å². The number of nitrogens with zero attached hydrogens (tertiary/aromatic N) is 5. The monoisotopic (exact) mass is 425 g/mol. The van der Waals surface area contributed by atoms with E-state index in [1.807, 2.05) is 12.1 Å². The summed E-state index contributed by atoms with van der Waals surface area (Å²) < 4.78 is 29.4. The Morgan fingerprint density at radius 2 is 1.90 bits per heavy atom. The van der Waals surface area contributed by atoms with Gasteiger partial charge >= 0.3 is 0 Å². The number of anilines is 1. The van der Waals surface area contributed by atoms with E-state index >= 15 is 0 Å². The minimum absolute atomic E-state index is 0.155. The molecule has 1 fully saturated rings. The van der Waals surface area contributed by atoms with Crippen molar-refractivity contribution < 1.29 is 13.9 Å². The number of aromatic nitrogens is 4. The summed E-state index contributed by atoms with van der Waals surface area (Å²) in [6.07, 6.45) is -0.217. The van der Waals surface area contributed by atoms with Crippen LogP contribution in [-0.4, -0.2) is 43.5 Å². The van der Waals surface area contributed by atoms with Gasteiger partial charge in [0.05, 0.1) is 22.7 Å². The number of fused-ring (bicyclic) bond motifs is 3. The smallest absolute Gasteiger partial charge is 0.280 e. The molecule has 1 saturated heterocycles. The predicted octanol–water partition coefficient (Wildman–Crippen LogP) is 3.15. The van der Waals surface area contributed by atoms with Crippen LogP contribution in [0.25, 0.3) is 27.8 Å². The Labute approximate surface area is 176 Å². The first-order valence-corrected chi connectivity index (χ1v) is 10.1. The van der Waals surface area contributed by atoms with Gasteiger partial charge in [0.2, 0.25) is 0 Å². The maximum atomic E-state index is 13.1. The summed E-state index contributed by atoms with van der Waals surface area (Å²) in [5.41, 5.74) is 2.69. The molecular weight excluding hydrogens is 404 g/mol. The number of pyridine rings is 1. The van der Waals surface area contributed by atoms with Crippen LogP contribution in [0.5, 0.6) is 0 Å². The van der Waals surface area contributed by atoms with Gasteiger partial charge in [0.1, 0.15) is 11.3 Å². The number of aliphatic hydroxyl groups excluding tert-OH is 1. The highest BCUT2D eigenvalue weighted by molar-refractivity contribution is 5.85. The second-order valence-corrected chi connectivity index (χ2v) is 7.85. The molecule has 0 saturated carbocycles. The average Bonchev–Trinajstić information content (AvgIpc) is 3.24. The normalized spacial score (nSPS) is 15.5. The lowest BCUT2D eigenvalue weighted by Crippen LogP contribution is -2.35. The van der Waals surface area contributed by atoms with E-state index in [0.717, 1.165) is 18.8 Å². The van der Waals surface area contributed by atoms with Gasteiger partial charge in [0.15, 0.2) is 0 Å². The van der Waals surface area contributed by atoms with Gasteiger partial charge in [-0.2, -0.15) is 5.10 Å². The number of piperidine rings is 1. The van der Waals surface area contributed by atoms with Gasteiger partial charge in [-0.15, -0.1) is 0 Å². The number of halogens is 2. The lowest BCUT2D eigenvalue weighted by molar-refractivity contribution is 0.145. The lowest BCUT2D eigenvalue weighted by Gasteiger charge is -2.31. The number of benzene rings is 1. The molecule has 1 aliphatic heterocycles. The van der Waals surface area contributed by atoms with Crippen molar-refractivity contribution in [1.82, 2.24) is 19.2 Å². The zero-order chi connectivity index (χ0) is 21.7. The quantitative estimate of drug-likeness (QED) is 0.546. The Morgan fingerprint density at radius 1 is 1.13 bits per heavy atom. The van der Waals surface area contributed by atoms with Crippen molar-refractivity contribution in [2.45, 2.75) is 25.4 Å². The van der Waals surface area contributed by atoms with Gasteiger partial charge < -0.3 is 10.0 Å². The highest BCUT2D eigenvalue weighted by Gasteiger charge is 2.20. The molecule has 1 aliphatic rings. The minimum Gasteiger partial charge on any atom is -0.393 e. The first kappa shape index (κ1) is 19.6. The van der Waals surface area contributed by atoms with Gasteiger partial charge in [-0.25, -0.2) is 13.3 Å². The van der Waals surface area contributed by atoms with E-state index in [0.29, 0.717) is 40.6 Å². The average molecular weight is 425 g/mol. The van der Waals surface area contributed by atoms with E-state index in [4.69, 9.17) is 0 Å². The predicted molar refractivity (Wildman–Crippen MR) is 114 cm³/mol. The largest absolute Gasteiger partial charge is 0.393 e. The third-order valence-electron chi connectivity index (χ3n) is 5.91. The summed E-state index contributed by atoms with van der Waals surface area (Å²) in [5.74, 6) is 0. The number of hydrogen-bond donors (Lipinski definition) is 1. The molecule has 160 valence electrons. The van der Waals surface area contributed by atoms with Crippen LogP contribution in [-0.2, 0) is 7.05 Å². The Balaban J connectivity index is 1.68. The van der Waals surface area contributed by atoms with Crippen molar-refractivity contribution in [3.8, 4) is 11.3 Å². The number of rotatable bonds is 3. The number of aliphatic hydroxyl groups is 1. The summed E-state index contributed by atoms with van der Waals surface area (Å²) >= 11 is 0. The highest BCUT2D eigenvalue weighted by Crippen LogP contribution is 2.27. The molecule has 4 heterocycles. The van der Waals surface area contributed by atoms with Crippen LogP contribution in [0.15, 0.2) is 47.4 Å². The molecule has 0 aliphatic carbocycles. The third kappa shape index (κ3) is 3.34. The van der Waals surface area contributed by atoms with Crippen LogP contribution >= 0.6 is 0 Å². The highest BCUT2D eigenvalue weighted by atomic mass is 19.3. The Kier molecular flexibility index (Phi) is 4.70. The van der Waals surface area contributed by atoms with Gasteiger partial charge in [-0.3, -0.25) is 14.3 Å². The van der Waals surface area contributed by atoms with Crippen LogP contribution in [0, 0.1) is 0 Å². The van der Waals surface area contributed by atoms with Crippen LogP contribution in [0.1, 0.15) is 25.0 Å². The van der Waals surface area contributed by atoms with Crippen molar-refractivity contribution in [2.24, 2.45) is 7.05 Å². The molecule has 0 radical (unpaired) electrons. The first-order chi connectivity index (χ1) is 14.9. The summed E-state index contributed by atoms with van der Waals surface area (Å²) in [6, 6.07) is 10.3. The van der Waals surface area contributed by atoms with Crippen molar-refractivity contribution in [3.05, 3.63) is 58.6 Å². The molecular formula is C22H21F2N5O2. The van der Waals surface area contributed by atoms with E-state index in [1.165, 1.54) is 16.8 Å². The Hall–Kier alpha value is -3.33. The van der Waals surface area contributed by atoms with Crippen molar-refractivity contribution in [3.63, 3.8) is 0 Å². The van der Waals surface area contributed by atoms with Crippen LogP contribution < -0.4 is 10.5 Å². The van der Waals surface area contributed by atoms with Gasteiger partial charge in [-0.05, 0) is 43.2 Å². The molecule has 0 spiro atoms. The molecule has 5 rings (SSSR count). The molecule has 3 aromatic heterocycles. The minimum atomic E-state index is -2.67. The summed E-state index contributed by atoms with van der Waals surface area (Å²) in [6.45, 7) is 1.47. The van der Waals surface area contributed by atoms with E-state index in [-0.39, 0.29) is 17.4 Å². The molecule has 0 amide bonds. The SMILES string of the molecule is Cn1c(=O)c2ccc(N3CCC(O)CC3)cc2n2nc(-c3ccnc(C(F)F)c3)cc12. The fraction of sp³-hybridized carbons (Fsp3) is 0.318. The Morgan fingerprint density at radius 3 is 2.65 bits per heavy atom. The summed E-state index contributed by atoms with van der Waals surface area (Å²) in [4.78, 5) is 18.8. The maximum Gasteiger partial charge on any atom is 0.280 e. The van der Waals surface area contributed by atoms with Crippen molar-refractivity contribution in [1.29, 1.82) is 0 Å². The van der Waals surface area contributed by atoms with Crippen LogP contribution in [0.4, 0.5) is 14.5 Å². The van der Waals surface area contributed by atoms with Gasteiger partial charge in [0, 0.05) is 43.7 Å². The molecule has 0 unspecified atom stereocenters. The summed E-state index contributed by atoms with van der Waals surface area (Å²) in [7, 11) is 1.67. The zero-order valence-corrected chi connectivity index (χ0v) is 16.9. The molecule has 4 aromatic rings. The first-order valence-electron chi connectivity index (χ1n) is 10.1. The van der Waals surface area contributed by atoms with E-state index in [2.05, 4.69) is 15.0 Å². The molecule has 9 heteroatoms. The molecule has 0 bridgehead atoms. The van der Waals surface area contributed by atoms with E-state index < -0.39 is 6.43 Å². The fourth-order valence-electron chi connectivity index (χ4n) is 4.14. The van der Waals surface area contributed by atoms with Gasteiger partial charge in [-0.1, -0.05) is 0 Å². The van der Waals surface area contributed by atoms with Crippen LogP contribution in [0.3, 0.4) is 0 Å². The van der Waals surface area contributed by atoms with E-state index in [9.17, 15) is 18.7 Å². The molecule has 31 heavy (non-hydrogen) atoms. The van der Waals surface area contributed by atoms with E-state index in [1.54, 1.807) is 29.8 Å². The molecule has 7 nitrogen and oxygen atoms in total. The summed E-state index contributed by atoms with van der Waals surface area (Å²) in [5, 5.41) is 14.9. The van der Waals surface area contributed by atoms with Gasteiger partial charge in [0.25, 0.3) is 12.0 Å². The molecule has 1 N–H and O–H groups in total. The van der Waals surface area contributed by atoms with Crippen molar-refractivity contribution >= 4 is 22.2 Å². The number of hydrogen-bond acceptors (Lipinski definition) is 5. The topological polar surface area (TPSA) is 75.7 Å². The third-order valence-corrected chi connectivity index (χ3v) is 5.91. The van der Waals surface area contributed by atoms with Crippen molar-refractivity contribution in [2.75, 3.05) is 18.0 Å². The lowest BCUT2D eigenvalue weighted by atomic mass is 10.1. The molecule has 0 atom stereocenters. The molecule has 1 aromatic carbocycles. The zero-order valence-electron chi connectivity index (χ0n) is 16.9. The Bertz CT molecular complexity index is 1340. The second kappa shape index (κ2) is 7.42.